The van der Waals surface area contributed by atoms with Gasteiger partial charge < -0.3 is 19.3 Å². The van der Waals surface area contributed by atoms with Crippen LogP contribution in [0.15, 0.2) is 139 Å². The van der Waals surface area contributed by atoms with Gasteiger partial charge in [0.05, 0.1) is 6.10 Å². The number of fused-ring (bicyclic) bond motifs is 2. The van der Waals surface area contributed by atoms with Gasteiger partial charge >= 0.3 is 5.97 Å². The van der Waals surface area contributed by atoms with Gasteiger partial charge in [-0.1, -0.05) is 102 Å². The second-order valence-electron chi connectivity index (χ2n) is 10.1. The Labute approximate surface area is 253 Å². The summed E-state index contributed by atoms with van der Waals surface area (Å²) < 4.78 is 18.0. The highest BCUT2D eigenvalue weighted by atomic mass is 16.5. The van der Waals surface area contributed by atoms with Gasteiger partial charge in [0, 0.05) is 4.91 Å². The van der Waals surface area contributed by atoms with Crippen molar-refractivity contribution >= 4 is 27.5 Å². The fourth-order valence-corrected chi connectivity index (χ4v) is 4.88. The molecule has 1 N–H and O–H groups in total. The second kappa shape index (κ2) is 13.0. The van der Waals surface area contributed by atoms with Gasteiger partial charge in [-0.25, -0.2) is 0 Å². The van der Waals surface area contributed by atoms with Crippen LogP contribution in [0.3, 0.4) is 0 Å². The van der Waals surface area contributed by atoms with E-state index < -0.39 is 18.1 Å². The van der Waals surface area contributed by atoms with Crippen molar-refractivity contribution in [2.75, 3.05) is 0 Å². The smallest absolute Gasteiger partial charge is 0.318 e. The first kappa shape index (κ1) is 28.3. The minimum Gasteiger partial charge on any atom is -0.460 e. The number of carbonyl (C=O) groups excluding carboxylic acids is 1. The first-order valence-electron chi connectivity index (χ1n) is 14.0. The number of azide groups is 1. The lowest BCUT2D eigenvalue weighted by Crippen LogP contribution is -2.28. The van der Waals surface area contributed by atoms with E-state index in [2.05, 4.69) is 10.0 Å². The third-order valence-electron chi connectivity index (χ3n) is 7.15. The van der Waals surface area contributed by atoms with Crippen LogP contribution in [0.25, 0.3) is 32.0 Å². The Morgan fingerprint density at radius 3 is 1.86 bits per heavy atom. The first-order valence-corrected chi connectivity index (χ1v) is 14.0. The van der Waals surface area contributed by atoms with Crippen molar-refractivity contribution in [3.8, 4) is 23.0 Å². The van der Waals surface area contributed by atoms with E-state index in [0.717, 1.165) is 27.1 Å². The number of ether oxygens (including phenoxy) is 3. The molecule has 0 bridgehead atoms. The molecule has 0 heterocycles. The molecule has 2 atom stereocenters. The van der Waals surface area contributed by atoms with Gasteiger partial charge in [-0.05, 0) is 74.6 Å². The van der Waals surface area contributed by atoms with E-state index in [0.29, 0.717) is 23.0 Å². The minimum absolute atomic E-state index is 0.0291. The second-order valence-corrected chi connectivity index (χ2v) is 10.1. The predicted molar refractivity (Wildman–Crippen MR) is 169 cm³/mol. The Kier molecular flexibility index (Phi) is 8.36. The molecular formula is C36H27N3O5. The molecule has 216 valence electrons. The number of aliphatic hydroxyl groups is 1. The molecule has 0 aliphatic rings. The van der Waals surface area contributed by atoms with Crippen LogP contribution in [-0.2, 0) is 16.1 Å². The number of esters is 1. The molecule has 2 unspecified atom stereocenters. The van der Waals surface area contributed by atoms with E-state index in [1.54, 1.807) is 30.3 Å². The summed E-state index contributed by atoms with van der Waals surface area (Å²) >= 11 is 0. The van der Waals surface area contributed by atoms with Gasteiger partial charge in [0.2, 0.25) is 0 Å². The molecular weight excluding hydrogens is 554 g/mol. The van der Waals surface area contributed by atoms with E-state index in [1.807, 2.05) is 103 Å². The highest BCUT2D eigenvalue weighted by Gasteiger charge is 2.30. The van der Waals surface area contributed by atoms with E-state index in [9.17, 15) is 15.4 Å². The summed E-state index contributed by atoms with van der Waals surface area (Å²) in [5, 5.41) is 19.0. The quantitative estimate of drug-likeness (QED) is 0.0750. The van der Waals surface area contributed by atoms with Gasteiger partial charge in [0.1, 0.15) is 18.1 Å². The molecule has 8 heteroatoms. The summed E-state index contributed by atoms with van der Waals surface area (Å²) in [7, 11) is 0. The van der Waals surface area contributed by atoms with Crippen molar-refractivity contribution in [1.29, 1.82) is 0 Å². The Bertz CT molecular complexity index is 1990. The highest BCUT2D eigenvalue weighted by molar-refractivity contribution is 5.84. The molecule has 0 saturated heterocycles. The standard InChI is InChI=1S/C36H27N3O5/c37-39-38-34(36(41)42-23-24-8-2-1-3-9-24)35(40)29-16-19-32(43-30-17-14-25-10-4-6-12-27(25)20-30)33(22-29)44-31-18-15-26-11-5-7-13-28(26)21-31/h1-22,34-35,40H,23H2. The maximum Gasteiger partial charge on any atom is 0.318 e. The largest absolute Gasteiger partial charge is 0.460 e. The average molecular weight is 582 g/mol. The number of rotatable bonds is 10. The van der Waals surface area contributed by atoms with Gasteiger partial charge in [-0.3, -0.25) is 4.79 Å². The Balaban J connectivity index is 1.32. The molecule has 0 aromatic heterocycles. The van der Waals surface area contributed by atoms with Gasteiger partial charge in [0.25, 0.3) is 0 Å². The third-order valence-corrected chi connectivity index (χ3v) is 7.15. The molecule has 0 saturated carbocycles. The zero-order valence-electron chi connectivity index (χ0n) is 23.5. The first-order chi connectivity index (χ1) is 21.6. The Morgan fingerprint density at radius 1 is 0.682 bits per heavy atom. The van der Waals surface area contributed by atoms with E-state index in [-0.39, 0.29) is 12.2 Å². The molecule has 0 radical (unpaired) electrons. The molecule has 0 aliphatic carbocycles. The number of benzene rings is 6. The summed E-state index contributed by atoms with van der Waals surface area (Å²) in [5.41, 5.74) is 10.2. The van der Waals surface area contributed by atoms with E-state index in [1.165, 1.54) is 0 Å². The lowest BCUT2D eigenvalue weighted by atomic mass is 10.0. The molecule has 6 aromatic rings. The molecule has 0 aliphatic heterocycles. The lowest BCUT2D eigenvalue weighted by molar-refractivity contribution is -0.149. The normalized spacial score (nSPS) is 12.2. The van der Waals surface area contributed by atoms with E-state index in [4.69, 9.17) is 14.2 Å². The molecule has 6 rings (SSSR count). The molecule has 6 aromatic carbocycles. The molecule has 0 spiro atoms. The minimum atomic E-state index is -1.52. The van der Waals surface area contributed by atoms with Crippen LogP contribution in [0.1, 0.15) is 17.2 Å². The van der Waals surface area contributed by atoms with Gasteiger partial charge in [-0.15, -0.1) is 0 Å². The van der Waals surface area contributed by atoms with Crippen molar-refractivity contribution in [2.24, 2.45) is 5.11 Å². The highest BCUT2D eigenvalue weighted by Crippen LogP contribution is 2.39. The van der Waals surface area contributed by atoms with Crippen LogP contribution < -0.4 is 9.47 Å². The molecule has 0 fully saturated rings. The third kappa shape index (κ3) is 6.47. The SMILES string of the molecule is [N-]=[N+]=NC(C(=O)OCc1ccccc1)C(O)c1ccc(Oc2ccc3ccccc3c2)c(Oc2ccc3ccccc3c2)c1. The zero-order valence-corrected chi connectivity index (χ0v) is 23.5. The zero-order chi connectivity index (χ0) is 30.3. The van der Waals surface area contributed by atoms with Crippen LogP contribution in [0.4, 0.5) is 0 Å². The van der Waals surface area contributed by atoms with Gasteiger partial charge in [0.15, 0.2) is 17.5 Å². The van der Waals surface area contributed by atoms with Crippen molar-refractivity contribution in [3.63, 3.8) is 0 Å². The summed E-state index contributed by atoms with van der Waals surface area (Å²) in [6.07, 6.45) is -1.51. The molecule has 8 nitrogen and oxygen atoms in total. The number of aliphatic hydroxyl groups excluding tert-OH is 1. The fraction of sp³-hybridized carbons (Fsp3) is 0.0833. The number of nitrogens with zero attached hydrogens (tertiary/aromatic N) is 3. The van der Waals surface area contributed by atoms with Crippen molar-refractivity contribution in [1.82, 2.24) is 0 Å². The van der Waals surface area contributed by atoms with Crippen LogP contribution in [0.2, 0.25) is 0 Å². The van der Waals surface area contributed by atoms with Crippen LogP contribution in [-0.4, -0.2) is 17.1 Å². The predicted octanol–water partition coefficient (Wildman–Crippen LogP) is 9.03. The Hall–Kier alpha value is -5.82. The molecule has 0 amide bonds. The summed E-state index contributed by atoms with van der Waals surface area (Å²) in [5.74, 6) is 0.968. The fourth-order valence-electron chi connectivity index (χ4n) is 4.88. The summed E-state index contributed by atoms with van der Waals surface area (Å²) in [4.78, 5) is 15.7. The maximum absolute atomic E-state index is 12.9. The lowest BCUT2D eigenvalue weighted by Gasteiger charge is -2.20. The summed E-state index contributed by atoms with van der Waals surface area (Å²) in [6.45, 7) is -0.0291. The number of hydrogen-bond acceptors (Lipinski definition) is 6. The van der Waals surface area contributed by atoms with Crippen molar-refractivity contribution in [3.05, 3.63) is 155 Å². The average Bonchev–Trinajstić information content (AvgIpc) is 3.07. The number of carbonyl (C=O) groups is 1. The van der Waals surface area contributed by atoms with E-state index >= 15 is 0 Å². The Morgan fingerprint density at radius 2 is 1.25 bits per heavy atom. The van der Waals surface area contributed by atoms with Gasteiger partial charge in [-0.2, -0.15) is 0 Å². The van der Waals surface area contributed by atoms with Crippen LogP contribution in [0.5, 0.6) is 23.0 Å². The summed E-state index contributed by atoms with van der Waals surface area (Å²) in [6, 6.07) is 39.7. The topological polar surface area (TPSA) is 114 Å². The molecule has 44 heavy (non-hydrogen) atoms. The van der Waals surface area contributed by atoms with Crippen LogP contribution >= 0.6 is 0 Å². The monoisotopic (exact) mass is 581 g/mol. The maximum atomic E-state index is 12.9. The number of hydrogen-bond donors (Lipinski definition) is 1. The van der Waals surface area contributed by atoms with Crippen molar-refractivity contribution < 1.29 is 24.1 Å². The van der Waals surface area contributed by atoms with Crippen LogP contribution in [0, 0.1) is 0 Å². The van der Waals surface area contributed by atoms with Crippen molar-refractivity contribution in [2.45, 2.75) is 18.8 Å².